The number of sulfonamides is 1. The van der Waals surface area contributed by atoms with Gasteiger partial charge in [-0.2, -0.15) is 4.37 Å². The van der Waals surface area contributed by atoms with E-state index in [0.29, 0.717) is 25.3 Å². The molecule has 0 atom stereocenters. The fraction of sp³-hybridized carbons (Fsp3) is 0.364. The summed E-state index contributed by atoms with van der Waals surface area (Å²) in [6.07, 6.45) is 0.683. The summed E-state index contributed by atoms with van der Waals surface area (Å²) in [5.74, 6) is 1.44. The molecule has 0 spiro atoms. The molecule has 2 aromatic carbocycles. The molecule has 33 heavy (non-hydrogen) atoms. The number of rotatable bonds is 9. The molecule has 1 N–H and O–H groups in total. The summed E-state index contributed by atoms with van der Waals surface area (Å²) < 4.78 is 37.2. The predicted octanol–water partition coefficient (Wildman–Crippen LogP) is 2.89. The monoisotopic (exact) mass is 507 g/mol. The first-order chi connectivity index (χ1) is 15.9. The van der Waals surface area contributed by atoms with Crippen molar-refractivity contribution in [3.8, 4) is 5.75 Å². The van der Waals surface area contributed by atoms with Crippen molar-refractivity contribution >= 4 is 38.3 Å². The number of nitrogens with one attached hydrogen (secondary N) is 1. The molecule has 0 saturated carbocycles. The molecule has 1 aliphatic rings. The Bertz CT molecular complexity index is 1150. The van der Waals surface area contributed by atoms with Gasteiger partial charge < -0.3 is 9.64 Å². The van der Waals surface area contributed by atoms with Crippen molar-refractivity contribution in [1.82, 2.24) is 19.0 Å². The fourth-order valence-electron chi connectivity index (χ4n) is 3.57. The summed E-state index contributed by atoms with van der Waals surface area (Å²) in [6, 6.07) is 14.1. The van der Waals surface area contributed by atoms with Gasteiger partial charge in [-0.15, -0.1) is 0 Å². The highest BCUT2D eigenvalue weighted by Gasteiger charge is 2.21. The Hall–Kier alpha value is -2.24. The Kier molecular flexibility index (Phi) is 7.82. The maximum atomic E-state index is 12.5. The van der Waals surface area contributed by atoms with Gasteiger partial charge >= 0.3 is 0 Å². The molecule has 0 aliphatic carbocycles. The van der Waals surface area contributed by atoms with Gasteiger partial charge in [0.05, 0.1) is 12.0 Å². The first-order valence-electron chi connectivity index (χ1n) is 10.6. The number of halogens is 1. The number of methoxy groups -OCH3 is 1. The van der Waals surface area contributed by atoms with E-state index in [4.69, 9.17) is 21.3 Å². The smallest absolute Gasteiger partial charge is 0.240 e. The number of nitrogens with zero attached hydrogens (tertiary/aromatic N) is 4. The van der Waals surface area contributed by atoms with Crippen LogP contribution in [0, 0.1) is 0 Å². The molecule has 1 aromatic heterocycles. The zero-order chi connectivity index (χ0) is 23.3. The van der Waals surface area contributed by atoms with Gasteiger partial charge in [-0.25, -0.2) is 18.1 Å². The van der Waals surface area contributed by atoms with E-state index in [1.54, 1.807) is 31.4 Å². The minimum absolute atomic E-state index is 0.235. The molecule has 176 valence electrons. The van der Waals surface area contributed by atoms with E-state index in [-0.39, 0.29) is 4.90 Å². The Morgan fingerprint density at radius 3 is 2.42 bits per heavy atom. The van der Waals surface area contributed by atoms with Crippen LogP contribution in [0.3, 0.4) is 0 Å². The Labute approximate surface area is 203 Å². The summed E-state index contributed by atoms with van der Waals surface area (Å²) in [5, 5.41) is 1.65. The third-order valence-corrected chi connectivity index (χ3v) is 8.01. The highest BCUT2D eigenvalue weighted by Crippen LogP contribution is 2.21. The quantitative estimate of drug-likeness (QED) is 0.476. The second-order valence-electron chi connectivity index (χ2n) is 7.70. The Morgan fingerprint density at radius 1 is 1.06 bits per heavy atom. The average Bonchev–Trinajstić information content (AvgIpc) is 3.29. The largest absolute Gasteiger partial charge is 0.497 e. The minimum Gasteiger partial charge on any atom is -0.497 e. The molecule has 2 heterocycles. The number of aromatic nitrogens is 2. The lowest BCUT2D eigenvalue weighted by molar-refractivity contribution is 0.262. The van der Waals surface area contributed by atoms with Crippen LogP contribution in [0.15, 0.2) is 53.4 Å². The minimum atomic E-state index is -3.53. The van der Waals surface area contributed by atoms with Crippen LogP contribution >= 0.6 is 23.1 Å². The maximum absolute atomic E-state index is 12.5. The maximum Gasteiger partial charge on any atom is 0.240 e. The number of hydrogen-bond acceptors (Lipinski definition) is 8. The van der Waals surface area contributed by atoms with Gasteiger partial charge in [-0.3, -0.25) is 4.90 Å². The van der Waals surface area contributed by atoms with Gasteiger partial charge in [0.1, 0.15) is 11.6 Å². The Morgan fingerprint density at radius 2 is 1.76 bits per heavy atom. The normalized spacial score (nSPS) is 15.0. The average molecular weight is 508 g/mol. The fourth-order valence-corrected chi connectivity index (χ4v) is 5.45. The summed E-state index contributed by atoms with van der Waals surface area (Å²) >= 11 is 7.37. The third kappa shape index (κ3) is 6.42. The number of hydrogen-bond donors (Lipinski definition) is 1. The molecule has 1 aliphatic heterocycles. The SMILES string of the molecule is COc1ccc(S(=O)(=O)NCCN2CCN(c3nc(Cc4ccc(Cl)cc4)ns3)CC2)cc1. The van der Waals surface area contributed by atoms with Gasteiger partial charge in [-0.1, -0.05) is 23.7 Å². The zero-order valence-corrected chi connectivity index (χ0v) is 20.7. The lowest BCUT2D eigenvalue weighted by Crippen LogP contribution is -2.48. The second-order valence-corrected chi connectivity index (χ2v) is 10.6. The van der Waals surface area contributed by atoms with Crippen LogP contribution in [0.25, 0.3) is 0 Å². The predicted molar refractivity (Wildman–Crippen MR) is 131 cm³/mol. The van der Waals surface area contributed by atoms with Gasteiger partial charge in [-0.05, 0) is 42.0 Å². The van der Waals surface area contributed by atoms with Crippen molar-refractivity contribution in [2.45, 2.75) is 11.3 Å². The lowest BCUT2D eigenvalue weighted by Gasteiger charge is -2.34. The summed E-state index contributed by atoms with van der Waals surface area (Å²) in [5.41, 5.74) is 1.13. The van der Waals surface area contributed by atoms with E-state index in [9.17, 15) is 8.42 Å². The van der Waals surface area contributed by atoms with Gasteiger partial charge in [0.2, 0.25) is 15.2 Å². The van der Waals surface area contributed by atoms with Gasteiger partial charge in [0.15, 0.2) is 0 Å². The molecule has 3 aromatic rings. The van der Waals surface area contributed by atoms with Crippen LogP contribution < -0.4 is 14.4 Å². The van der Waals surface area contributed by atoms with E-state index in [2.05, 4.69) is 18.9 Å². The molecule has 4 rings (SSSR count). The van der Waals surface area contributed by atoms with Gasteiger partial charge in [0, 0.05) is 62.2 Å². The van der Waals surface area contributed by atoms with Gasteiger partial charge in [0.25, 0.3) is 0 Å². The van der Waals surface area contributed by atoms with Crippen molar-refractivity contribution in [2.75, 3.05) is 51.3 Å². The van der Waals surface area contributed by atoms with Crippen molar-refractivity contribution in [3.63, 3.8) is 0 Å². The van der Waals surface area contributed by atoms with Crippen LogP contribution in [0.1, 0.15) is 11.4 Å². The second kappa shape index (κ2) is 10.8. The topological polar surface area (TPSA) is 87.7 Å². The number of piperazine rings is 1. The van der Waals surface area contributed by atoms with Crippen molar-refractivity contribution in [2.24, 2.45) is 0 Å². The van der Waals surface area contributed by atoms with Crippen LogP contribution in [0.5, 0.6) is 5.75 Å². The molecule has 8 nitrogen and oxygen atoms in total. The summed E-state index contributed by atoms with van der Waals surface area (Å²) in [4.78, 5) is 9.42. The van der Waals surface area contributed by atoms with Crippen LogP contribution in [-0.4, -0.2) is 69.1 Å². The summed E-state index contributed by atoms with van der Waals surface area (Å²) in [6.45, 7) is 4.37. The zero-order valence-electron chi connectivity index (χ0n) is 18.3. The van der Waals surface area contributed by atoms with E-state index in [0.717, 1.165) is 47.7 Å². The molecule has 0 radical (unpaired) electrons. The van der Waals surface area contributed by atoms with Crippen LogP contribution in [0.4, 0.5) is 5.13 Å². The van der Waals surface area contributed by atoms with E-state index >= 15 is 0 Å². The Balaban J connectivity index is 1.22. The molecule has 0 bridgehead atoms. The van der Waals surface area contributed by atoms with Crippen molar-refractivity contribution < 1.29 is 13.2 Å². The van der Waals surface area contributed by atoms with E-state index in [1.807, 2.05) is 24.3 Å². The van der Waals surface area contributed by atoms with E-state index in [1.165, 1.54) is 11.5 Å². The first-order valence-corrected chi connectivity index (χ1v) is 13.2. The molecule has 1 fully saturated rings. The van der Waals surface area contributed by atoms with Crippen molar-refractivity contribution in [1.29, 1.82) is 0 Å². The number of anilines is 1. The third-order valence-electron chi connectivity index (χ3n) is 5.47. The molecule has 0 unspecified atom stereocenters. The first kappa shape index (κ1) is 23.9. The summed E-state index contributed by atoms with van der Waals surface area (Å²) in [7, 11) is -1.98. The molecular formula is C22H26ClN5O3S2. The van der Waals surface area contributed by atoms with E-state index < -0.39 is 10.0 Å². The van der Waals surface area contributed by atoms with Crippen LogP contribution in [-0.2, 0) is 16.4 Å². The number of benzene rings is 2. The molecule has 11 heteroatoms. The highest BCUT2D eigenvalue weighted by atomic mass is 35.5. The molecule has 0 amide bonds. The standard InChI is InChI=1S/C22H26ClN5O3S2/c1-31-19-6-8-20(9-7-19)33(29,30)24-10-11-27-12-14-28(15-13-27)22-25-21(26-32-22)16-17-2-4-18(23)5-3-17/h2-9,24H,10-16H2,1H3. The van der Waals surface area contributed by atoms with Crippen molar-refractivity contribution in [3.05, 3.63) is 64.9 Å². The lowest BCUT2D eigenvalue weighted by atomic mass is 10.1. The highest BCUT2D eigenvalue weighted by molar-refractivity contribution is 7.89. The molecular weight excluding hydrogens is 482 g/mol. The molecule has 1 saturated heterocycles. The van der Waals surface area contributed by atoms with Crippen LogP contribution in [0.2, 0.25) is 5.02 Å². The number of ether oxygens (including phenoxy) is 1.